The largest absolute Gasteiger partial charge is 0.493 e. The molecule has 0 aliphatic rings. The van der Waals surface area contributed by atoms with Gasteiger partial charge in [0, 0.05) is 18.2 Å². The molecule has 0 unspecified atom stereocenters. The van der Waals surface area contributed by atoms with Crippen LogP contribution in [0.5, 0.6) is 11.5 Å². The molecule has 5 heteroatoms. The van der Waals surface area contributed by atoms with E-state index < -0.39 is 0 Å². The molecule has 3 nitrogen and oxygen atoms in total. The van der Waals surface area contributed by atoms with Crippen molar-refractivity contribution >= 4 is 23.2 Å². The molecule has 0 saturated carbocycles. The molecule has 0 fully saturated rings. The smallest absolute Gasteiger partial charge is 0.166 e. The summed E-state index contributed by atoms with van der Waals surface area (Å²) in [7, 11) is 1.64. The normalized spacial score (nSPS) is 11.9. The summed E-state index contributed by atoms with van der Waals surface area (Å²) in [6.07, 6.45) is 0. The van der Waals surface area contributed by atoms with Crippen molar-refractivity contribution in [3.05, 3.63) is 93.5 Å². The van der Waals surface area contributed by atoms with Gasteiger partial charge in [0.25, 0.3) is 0 Å². The van der Waals surface area contributed by atoms with Crippen LogP contribution in [0.2, 0.25) is 10.0 Å². The minimum atomic E-state index is 0.218. The van der Waals surface area contributed by atoms with Crippen LogP contribution in [0, 0.1) is 0 Å². The van der Waals surface area contributed by atoms with Gasteiger partial charge in [-0.2, -0.15) is 0 Å². The fraction of sp³-hybridized carbons (Fsp3) is 0.217. The number of nitrogens with one attached hydrogen (secondary N) is 1. The van der Waals surface area contributed by atoms with E-state index in [-0.39, 0.29) is 6.04 Å². The molecule has 146 valence electrons. The van der Waals surface area contributed by atoms with Crippen molar-refractivity contribution < 1.29 is 9.47 Å². The first-order valence-corrected chi connectivity index (χ1v) is 9.85. The highest BCUT2D eigenvalue weighted by Crippen LogP contribution is 2.33. The predicted octanol–water partition coefficient (Wildman–Crippen LogP) is 6.43. The molecule has 0 spiro atoms. The van der Waals surface area contributed by atoms with E-state index in [9.17, 15) is 0 Å². The Morgan fingerprint density at radius 3 is 2.43 bits per heavy atom. The third kappa shape index (κ3) is 5.20. The summed E-state index contributed by atoms with van der Waals surface area (Å²) in [4.78, 5) is 0. The molecule has 3 aromatic rings. The topological polar surface area (TPSA) is 30.5 Å². The minimum Gasteiger partial charge on any atom is -0.493 e. The lowest BCUT2D eigenvalue weighted by molar-refractivity contribution is 0.280. The Hall–Kier alpha value is -2.20. The van der Waals surface area contributed by atoms with Crippen LogP contribution in [-0.2, 0) is 13.2 Å². The molecule has 0 amide bonds. The fourth-order valence-electron chi connectivity index (χ4n) is 2.93. The van der Waals surface area contributed by atoms with Gasteiger partial charge in [0.05, 0.1) is 17.2 Å². The first-order valence-electron chi connectivity index (χ1n) is 9.09. The van der Waals surface area contributed by atoms with Crippen LogP contribution < -0.4 is 14.8 Å². The second-order valence-electron chi connectivity index (χ2n) is 6.50. The van der Waals surface area contributed by atoms with Crippen LogP contribution in [0.3, 0.4) is 0 Å². The van der Waals surface area contributed by atoms with E-state index in [0.717, 1.165) is 16.9 Å². The Kier molecular flexibility index (Phi) is 7.21. The Bertz CT molecular complexity index is 916. The maximum atomic E-state index is 6.11. The predicted molar refractivity (Wildman–Crippen MR) is 115 cm³/mol. The van der Waals surface area contributed by atoms with Crippen LogP contribution in [-0.4, -0.2) is 7.11 Å². The molecule has 1 N–H and O–H groups in total. The standard InChI is InChI=1S/C23H23Cl2NO2/c1-16(18-7-4-3-5-8-18)26-14-19-9-6-10-22(27-2)23(19)28-15-17-11-12-20(24)21(25)13-17/h3-13,16,26H,14-15H2,1-2H3/t16-/m1/s1. The van der Waals surface area contributed by atoms with Gasteiger partial charge in [-0.05, 0) is 36.2 Å². The lowest BCUT2D eigenvalue weighted by atomic mass is 10.1. The molecule has 1 atom stereocenters. The lowest BCUT2D eigenvalue weighted by Gasteiger charge is -2.18. The minimum absolute atomic E-state index is 0.218. The van der Waals surface area contributed by atoms with Crippen molar-refractivity contribution in [2.24, 2.45) is 0 Å². The number of para-hydroxylation sites is 1. The maximum absolute atomic E-state index is 6.11. The van der Waals surface area contributed by atoms with E-state index >= 15 is 0 Å². The third-order valence-electron chi connectivity index (χ3n) is 4.55. The van der Waals surface area contributed by atoms with E-state index in [1.54, 1.807) is 13.2 Å². The SMILES string of the molecule is COc1cccc(CN[C@H](C)c2ccccc2)c1OCc1ccc(Cl)c(Cl)c1. The zero-order chi connectivity index (χ0) is 19.9. The summed E-state index contributed by atoms with van der Waals surface area (Å²) >= 11 is 12.1. The average Bonchev–Trinajstić information content (AvgIpc) is 2.73. The summed E-state index contributed by atoms with van der Waals surface area (Å²) in [5.41, 5.74) is 3.21. The number of ether oxygens (including phenoxy) is 2. The van der Waals surface area contributed by atoms with E-state index in [2.05, 4.69) is 24.4 Å². The molecule has 3 aromatic carbocycles. The Morgan fingerprint density at radius 2 is 1.71 bits per heavy atom. The maximum Gasteiger partial charge on any atom is 0.166 e. The zero-order valence-electron chi connectivity index (χ0n) is 15.9. The molecule has 3 rings (SSSR count). The Labute approximate surface area is 176 Å². The van der Waals surface area contributed by atoms with Gasteiger partial charge in [0.15, 0.2) is 11.5 Å². The van der Waals surface area contributed by atoms with Crippen molar-refractivity contribution in [3.8, 4) is 11.5 Å². The molecule has 0 aliphatic carbocycles. The molecule has 0 radical (unpaired) electrons. The molecular formula is C23H23Cl2NO2. The highest BCUT2D eigenvalue weighted by Gasteiger charge is 2.13. The molecular weight excluding hydrogens is 393 g/mol. The van der Waals surface area contributed by atoms with Crippen molar-refractivity contribution in [1.82, 2.24) is 5.32 Å². The van der Waals surface area contributed by atoms with Crippen molar-refractivity contribution in [3.63, 3.8) is 0 Å². The molecule has 0 saturated heterocycles. The molecule has 0 heterocycles. The fourth-order valence-corrected chi connectivity index (χ4v) is 3.25. The van der Waals surface area contributed by atoms with Gasteiger partial charge in [-0.1, -0.05) is 71.7 Å². The average molecular weight is 416 g/mol. The van der Waals surface area contributed by atoms with Crippen LogP contribution in [0.4, 0.5) is 0 Å². The van der Waals surface area contributed by atoms with Crippen LogP contribution in [0.25, 0.3) is 0 Å². The molecule has 0 aromatic heterocycles. The van der Waals surface area contributed by atoms with Gasteiger partial charge in [-0.15, -0.1) is 0 Å². The number of rotatable bonds is 8. The zero-order valence-corrected chi connectivity index (χ0v) is 17.4. The van der Waals surface area contributed by atoms with Gasteiger partial charge in [-0.25, -0.2) is 0 Å². The van der Waals surface area contributed by atoms with E-state index in [1.165, 1.54) is 5.56 Å². The van der Waals surface area contributed by atoms with Crippen molar-refractivity contribution in [1.29, 1.82) is 0 Å². The van der Waals surface area contributed by atoms with Crippen LogP contribution >= 0.6 is 23.2 Å². The first kappa shape index (κ1) is 20.5. The Balaban J connectivity index is 1.73. The summed E-state index contributed by atoms with van der Waals surface area (Å²) in [5.74, 6) is 1.43. The summed E-state index contributed by atoms with van der Waals surface area (Å²) in [6.45, 7) is 3.17. The molecule has 28 heavy (non-hydrogen) atoms. The third-order valence-corrected chi connectivity index (χ3v) is 5.28. The number of halogens is 2. The van der Waals surface area contributed by atoms with E-state index in [0.29, 0.717) is 28.9 Å². The summed E-state index contributed by atoms with van der Waals surface area (Å²) in [5, 5.41) is 4.59. The second kappa shape index (κ2) is 9.83. The molecule has 0 bridgehead atoms. The van der Waals surface area contributed by atoms with E-state index in [4.69, 9.17) is 32.7 Å². The van der Waals surface area contributed by atoms with Gasteiger partial charge in [-0.3, -0.25) is 0 Å². The highest BCUT2D eigenvalue weighted by molar-refractivity contribution is 6.42. The Morgan fingerprint density at radius 1 is 0.929 bits per heavy atom. The quantitative estimate of drug-likeness (QED) is 0.459. The van der Waals surface area contributed by atoms with Gasteiger partial charge in [0.1, 0.15) is 6.61 Å². The van der Waals surface area contributed by atoms with Crippen LogP contribution in [0.1, 0.15) is 29.7 Å². The van der Waals surface area contributed by atoms with Gasteiger partial charge in [0.2, 0.25) is 0 Å². The second-order valence-corrected chi connectivity index (χ2v) is 7.31. The number of benzene rings is 3. The number of hydrogen-bond acceptors (Lipinski definition) is 3. The lowest BCUT2D eigenvalue weighted by Crippen LogP contribution is -2.18. The van der Waals surface area contributed by atoms with Crippen molar-refractivity contribution in [2.45, 2.75) is 26.1 Å². The summed E-state index contributed by atoms with van der Waals surface area (Å²) in [6, 6.07) is 22.0. The van der Waals surface area contributed by atoms with Gasteiger partial charge < -0.3 is 14.8 Å². The van der Waals surface area contributed by atoms with Gasteiger partial charge >= 0.3 is 0 Å². The van der Waals surface area contributed by atoms with Crippen molar-refractivity contribution in [2.75, 3.05) is 7.11 Å². The van der Waals surface area contributed by atoms with Crippen LogP contribution in [0.15, 0.2) is 66.7 Å². The monoisotopic (exact) mass is 415 g/mol. The molecule has 0 aliphatic heterocycles. The number of hydrogen-bond donors (Lipinski definition) is 1. The summed E-state index contributed by atoms with van der Waals surface area (Å²) < 4.78 is 11.6. The highest BCUT2D eigenvalue weighted by atomic mass is 35.5. The number of methoxy groups -OCH3 is 1. The first-order chi connectivity index (χ1) is 13.6. The van der Waals surface area contributed by atoms with E-state index in [1.807, 2.05) is 48.5 Å².